The number of carbonyl (C=O) groups is 1. The van der Waals surface area contributed by atoms with Gasteiger partial charge in [-0.25, -0.2) is 0 Å². The molecular formula is C13H10Br2OS. The molecule has 0 N–H and O–H groups in total. The monoisotopic (exact) mass is 372 g/mol. The van der Waals surface area contributed by atoms with E-state index in [2.05, 4.69) is 31.9 Å². The minimum atomic E-state index is 0.242. The van der Waals surface area contributed by atoms with E-state index in [0.717, 1.165) is 18.7 Å². The fraction of sp³-hybridized carbons (Fsp3) is 0.154. The van der Waals surface area contributed by atoms with E-state index in [1.165, 1.54) is 0 Å². The van der Waals surface area contributed by atoms with Crippen molar-refractivity contribution in [2.45, 2.75) is 12.8 Å². The maximum absolute atomic E-state index is 11.9. The average molecular weight is 374 g/mol. The normalized spacial score (nSPS) is 10.5. The fourth-order valence-corrected chi connectivity index (χ4v) is 3.49. The van der Waals surface area contributed by atoms with Crippen LogP contribution in [0.4, 0.5) is 0 Å². The van der Waals surface area contributed by atoms with E-state index in [1.54, 1.807) is 11.3 Å². The quantitative estimate of drug-likeness (QED) is 0.763. The highest BCUT2D eigenvalue weighted by Gasteiger charge is 2.08. The fourth-order valence-electron chi connectivity index (χ4n) is 1.56. The average Bonchev–Trinajstić information content (AvgIpc) is 2.67. The third-order valence-corrected chi connectivity index (χ3v) is 4.74. The number of benzene rings is 1. The van der Waals surface area contributed by atoms with Crippen molar-refractivity contribution in [2.75, 3.05) is 0 Å². The van der Waals surface area contributed by atoms with Gasteiger partial charge in [0.05, 0.1) is 3.79 Å². The molecule has 1 heterocycles. The summed E-state index contributed by atoms with van der Waals surface area (Å²) < 4.78 is 2.07. The third kappa shape index (κ3) is 3.76. The van der Waals surface area contributed by atoms with Gasteiger partial charge in [0.2, 0.25) is 0 Å². The largest absolute Gasteiger partial charge is 0.299 e. The van der Waals surface area contributed by atoms with Gasteiger partial charge in [0, 0.05) is 22.2 Å². The summed E-state index contributed by atoms with van der Waals surface area (Å²) in [6, 6.07) is 11.8. The minimum Gasteiger partial charge on any atom is -0.299 e. The SMILES string of the molecule is O=C(Cc1ccc(Br)s1)Cc1ccccc1Br. The number of carbonyl (C=O) groups excluding carboxylic acids is 1. The summed E-state index contributed by atoms with van der Waals surface area (Å²) >= 11 is 8.47. The third-order valence-electron chi connectivity index (χ3n) is 2.35. The number of hydrogen-bond donors (Lipinski definition) is 0. The van der Waals surface area contributed by atoms with Gasteiger partial charge in [0.1, 0.15) is 5.78 Å². The second-order valence-corrected chi connectivity index (χ2v) is 7.09. The summed E-state index contributed by atoms with van der Waals surface area (Å²) in [7, 11) is 0. The number of halogens is 2. The Kier molecular flexibility index (Phi) is 4.54. The van der Waals surface area contributed by atoms with Crippen LogP contribution in [0.15, 0.2) is 44.7 Å². The minimum absolute atomic E-state index is 0.242. The highest BCUT2D eigenvalue weighted by molar-refractivity contribution is 9.11. The molecular weight excluding hydrogens is 364 g/mol. The van der Waals surface area contributed by atoms with Crippen LogP contribution < -0.4 is 0 Å². The maximum Gasteiger partial charge on any atom is 0.142 e. The van der Waals surface area contributed by atoms with Crippen LogP contribution in [0.1, 0.15) is 10.4 Å². The van der Waals surface area contributed by atoms with Gasteiger partial charge in [-0.1, -0.05) is 34.1 Å². The first-order chi connectivity index (χ1) is 8.15. The maximum atomic E-state index is 11.9. The zero-order valence-electron chi connectivity index (χ0n) is 8.95. The van der Waals surface area contributed by atoms with Crippen LogP contribution in [0.25, 0.3) is 0 Å². The summed E-state index contributed by atoms with van der Waals surface area (Å²) in [4.78, 5) is 13.0. The highest BCUT2D eigenvalue weighted by atomic mass is 79.9. The van der Waals surface area contributed by atoms with Crippen molar-refractivity contribution in [3.63, 3.8) is 0 Å². The van der Waals surface area contributed by atoms with Crippen molar-refractivity contribution in [1.29, 1.82) is 0 Å². The van der Waals surface area contributed by atoms with Crippen LogP contribution in [-0.4, -0.2) is 5.78 Å². The van der Waals surface area contributed by atoms with E-state index in [4.69, 9.17) is 0 Å². The predicted molar refractivity (Wildman–Crippen MR) is 78.6 cm³/mol. The Morgan fingerprint density at radius 2 is 1.82 bits per heavy atom. The molecule has 0 unspecified atom stereocenters. The van der Waals surface area contributed by atoms with Gasteiger partial charge in [-0.2, -0.15) is 0 Å². The molecule has 1 aromatic heterocycles. The van der Waals surface area contributed by atoms with Gasteiger partial charge in [0.15, 0.2) is 0 Å². The van der Waals surface area contributed by atoms with Crippen molar-refractivity contribution >= 4 is 49.0 Å². The van der Waals surface area contributed by atoms with E-state index >= 15 is 0 Å². The molecule has 0 aliphatic rings. The zero-order chi connectivity index (χ0) is 12.3. The van der Waals surface area contributed by atoms with Crippen LogP contribution in [-0.2, 0) is 17.6 Å². The van der Waals surface area contributed by atoms with E-state index in [-0.39, 0.29) is 5.78 Å². The van der Waals surface area contributed by atoms with Crippen molar-refractivity contribution in [2.24, 2.45) is 0 Å². The van der Waals surface area contributed by atoms with Gasteiger partial charge in [-0.3, -0.25) is 4.79 Å². The van der Waals surface area contributed by atoms with Crippen LogP contribution in [0.5, 0.6) is 0 Å². The molecule has 2 rings (SSSR count). The molecule has 2 aromatic rings. The summed E-state index contributed by atoms with van der Waals surface area (Å²) in [5.41, 5.74) is 1.05. The van der Waals surface area contributed by atoms with Gasteiger partial charge >= 0.3 is 0 Å². The van der Waals surface area contributed by atoms with Crippen molar-refractivity contribution < 1.29 is 4.79 Å². The molecule has 0 amide bonds. The first-order valence-electron chi connectivity index (χ1n) is 5.14. The summed E-state index contributed by atoms with van der Waals surface area (Å²) in [6.45, 7) is 0. The van der Waals surface area contributed by atoms with E-state index in [1.807, 2.05) is 36.4 Å². The summed E-state index contributed by atoms with van der Waals surface area (Å²) in [5, 5.41) is 0. The molecule has 0 aliphatic heterocycles. The molecule has 17 heavy (non-hydrogen) atoms. The Morgan fingerprint density at radius 1 is 1.06 bits per heavy atom. The molecule has 0 bridgehead atoms. The van der Waals surface area contributed by atoms with Crippen LogP contribution in [0, 0.1) is 0 Å². The zero-order valence-corrected chi connectivity index (χ0v) is 12.9. The van der Waals surface area contributed by atoms with Crippen molar-refractivity contribution in [3.05, 3.63) is 55.1 Å². The Balaban J connectivity index is 2.01. The van der Waals surface area contributed by atoms with Gasteiger partial charge < -0.3 is 0 Å². The molecule has 1 nitrogen and oxygen atoms in total. The lowest BCUT2D eigenvalue weighted by Crippen LogP contribution is -2.05. The number of rotatable bonds is 4. The first kappa shape index (κ1) is 13.0. The molecule has 88 valence electrons. The topological polar surface area (TPSA) is 17.1 Å². The number of hydrogen-bond acceptors (Lipinski definition) is 2. The van der Waals surface area contributed by atoms with Gasteiger partial charge in [-0.05, 0) is 39.7 Å². The number of Topliss-reactive ketones (excluding diaryl/α,β-unsaturated/α-hetero) is 1. The molecule has 0 saturated heterocycles. The lowest BCUT2D eigenvalue weighted by atomic mass is 10.1. The standard InChI is InChI=1S/C13H10Br2OS/c14-12-4-2-1-3-9(12)7-10(16)8-11-5-6-13(15)17-11/h1-6H,7-8H2. The predicted octanol–water partition coefficient (Wildman–Crippen LogP) is 4.63. The van der Waals surface area contributed by atoms with Crippen molar-refractivity contribution in [1.82, 2.24) is 0 Å². The van der Waals surface area contributed by atoms with Crippen molar-refractivity contribution in [3.8, 4) is 0 Å². The van der Waals surface area contributed by atoms with Crippen LogP contribution >= 0.6 is 43.2 Å². The van der Waals surface area contributed by atoms with Gasteiger partial charge in [0.25, 0.3) is 0 Å². The molecule has 0 spiro atoms. The Hall–Kier alpha value is -0.450. The van der Waals surface area contributed by atoms with E-state index < -0.39 is 0 Å². The molecule has 0 radical (unpaired) electrons. The summed E-state index contributed by atoms with van der Waals surface area (Å²) in [5.74, 6) is 0.242. The molecule has 4 heteroatoms. The molecule has 0 saturated carbocycles. The Labute approximate surface area is 121 Å². The number of thiophene rings is 1. The highest BCUT2D eigenvalue weighted by Crippen LogP contribution is 2.23. The number of ketones is 1. The molecule has 1 aromatic carbocycles. The van der Waals surface area contributed by atoms with Crippen LogP contribution in [0.2, 0.25) is 0 Å². The Morgan fingerprint density at radius 3 is 2.47 bits per heavy atom. The molecule has 0 aliphatic carbocycles. The first-order valence-corrected chi connectivity index (χ1v) is 7.55. The lowest BCUT2D eigenvalue weighted by molar-refractivity contribution is -0.117. The van der Waals surface area contributed by atoms with E-state index in [9.17, 15) is 4.79 Å². The van der Waals surface area contributed by atoms with Gasteiger partial charge in [-0.15, -0.1) is 11.3 Å². The second-order valence-electron chi connectivity index (χ2n) is 3.69. The summed E-state index contributed by atoms with van der Waals surface area (Å²) in [6.07, 6.45) is 0.995. The second kappa shape index (κ2) is 5.94. The smallest absolute Gasteiger partial charge is 0.142 e. The Bertz CT molecular complexity index is 534. The van der Waals surface area contributed by atoms with Crippen LogP contribution in [0.3, 0.4) is 0 Å². The lowest BCUT2D eigenvalue weighted by Gasteiger charge is -2.02. The molecule has 0 atom stereocenters. The molecule has 0 fully saturated rings. The van der Waals surface area contributed by atoms with E-state index in [0.29, 0.717) is 12.8 Å².